The van der Waals surface area contributed by atoms with Gasteiger partial charge in [-0.15, -0.1) is 0 Å². The second-order valence-electron chi connectivity index (χ2n) is 7.25. The van der Waals surface area contributed by atoms with Crippen LogP contribution in [0.2, 0.25) is 0 Å². The summed E-state index contributed by atoms with van der Waals surface area (Å²) in [6.07, 6.45) is 0. The van der Waals surface area contributed by atoms with E-state index < -0.39 is 0 Å². The van der Waals surface area contributed by atoms with Gasteiger partial charge in [-0.25, -0.2) is 0 Å². The normalized spacial score (nSPS) is 11.2. The highest BCUT2D eigenvalue weighted by Gasteiger charge is 2.11. The molecule has 6 aromatic rings. The monoisotopic (exact) mass is 368 g/mol. The van der Waals surface area contributed by atoms with E-state index in [0.717, 1.165) is 27.7 Å². The van der Waals surface area contributed by atoms with E-state index in [4.69, 9.17) is 4.42 Å². The maximum Gasteiger partial charge on any atom is 0.136 e. The summed E-state index contributed by atoms with van der Waals surface area (Å²) < 4.78 is 6.05. The van der Waals surface area contributed by atoms with Crippen LogP contribution in [-0.2, 0) is 0 Å². The summed E-state index contributed by atoms with van der Waals surface area (Å²) in [6.45, 7) is 0. The number of benzene rings is 5. The topological polar surface area (TPSA) is 13.1 Å². The fourth-order valence-electron chi connectivity index (χ4n) is 4.11. The summed E-state index contributed by atoms with van der Waals surface area (Å²) in [7, 11) is 0. The van der Waals surface area contributed by atoms with Crippen molar-refractivity contribution < 1.29 is 4.42 Å². The Bertz CT molecular complexity index is 1590. The van der Waals surface area contributed by atoms with E-state index >= 15 is 0 Å². The fourth-order valence-corrected chi connectivity index (χ4v) is 4.11. The number of hydrogen-bond acceptors (Lipinski definition) is 1. The Hall–Kier alpha value is -4.02. The second-order valence-corrected chi connectivity index (χ2v) is 7.25. The molecule has 29 heavy (non-hydrogen) atoms. The summed E-state index contributed by atoms with van der Waals surface area (Å²) in [5, 5.41) is 7.25. The van der Waals surface area contributed by atoms with Crippen molar-refractivity contribution in [2.75, 3.05) is 0 Å². The van der Waals surface area contributed by atoms with Crippen LogP contribution >= 0.6 is 0 Å². The van der Waals surface area contributed by atoms with Crippen molar-refractivity contribution in [2.45, 2.75) is 0 Å². The molecule has 134 valence electrons. The van der Waals surface area contributed by atoms with Crippen LogP contribution < -0.4 is 0 Å². The van der Waals surface area contributed by atoms with Crippen molar-refractivity contribution in [3.63, 3.8) is 0 Å². The Labute approximate surface area is 168 Å². The second kappa shape index (κ2) is 6.26. The molecule has 1 heteroatoms. The van der Waals surface area contributed by atoms with Crippen molar-refractivity contribution >= 4 is 43.5 Å². The molecule has 1 nitrogen and oxygen atoms in total. The molecule has 0 unspecified atom stereocenters. The molecule has 0 N–H and O–H groups in total. The first-order chi connectivity index (χ1) is 14.4. The number of furan rings is 1. The Balaban J connectivity index is 1.56. The third kappa shape index (κ3) is 2.58. The third-order valence-corrected chi connectivity index (χ3v) is 5.48. The van der Waals surface area contributed by atoms with Crippen LogP contribution in [0.4, 0.5) is 0 Å². The predicted octanol–water partition coefficient (Wildman–Crippen LogP) is 7.29. The molecular formula is C28H16O. The summed E-state index contributed by atoms with van der Waals surface area (Å²) in [4.78, 5) is 0. The summed E-state index contributed by atoms with van der Waals surface area (Å²) in [5.74, 6) is 6.53. The molecular weight excluding hydrogens is 352 g/mol. The largest absolute Gasteiger partial charge is 0.456 e. The van der Waals surface area contributed by atoms with Gasteiger partial charge in [-0.05, 0) is 57.9 Å². The molecule has 0 aliphatic heterocycles. The minimum absolute atomic E-state index is 0.932. The lowest BCUT2D eigenvalue weighted by atomic mass is 9.97. The van der Waals surface area contributed by atoms with Gasteiger partial charge in [0.25, 0.3) is 0 Å². The van der Waals surface area contributed by atoms with Crippen molar-refractivity contribution in [2.24, 2.45) is 0 Å². The SMILES string of the molecule is C(#Cc1ccc2c(ccc3c2ccc2oc4ccccc4c23)c1)c1ccccc1. The Morgan fingerprint density at radius 1 is 0.483 bits per heavy atom. The zero-order valence-corrected chi connectivity index (χ0v) is 15.6. The summed E-state index contributed by atoms with van der Waals surface area (Å²) >= 11 is 0. The first-order valence-electron chi connectivity index (χ1n) is 9.71. The summed E-state index contributed by atoms with van der Waals surface area (Å²) in [6, 6.07) is 33.4. The minimum atomic E-state index is 0.932. The highest BCUT2D eigenvalue weighted by atomic mass is 16.3. The van der Waals surface area contributed by atoms with E-state index in [1.165, 1.54) is 26.9 Å². The lowest BCUT2D eigenvalue weighted by Gasteiger charge is -2.06. The van der Waals surface area contributed by atoms with Crippen molar-refractivity contribution in [3.8, 4) is 11.8 Å². The van der Waals surface area contributed by atoms with Crippen molar-refractivity contribution in [1.29, 1.82) is 0 Å². The van der Waals surface area contributed by atoms with Crippen LogP contribution in [0.3, 0.4) is 0 Å². The summed E-state index contributed by atoms with van der Waals surface area (Å²) in [5.41, 5.74) is 3.92. The Kier molecular flexibility index (Phi) is 3.45. The number of rotatable bonds is 0. The lowest BCUT2D eigenvalue weighted by molar-refractivity contribution is 0.669. The third-order valence-electron chi connectivity index (χ3n) is 5.48. The molecule has 0 saturated carbocycles. The van der Waals surface area contributed by atoms with Gasteiger partial charge in [-0.2, -0.15) is 0 Å². The first kappa shape index (κ1) is 16.0. The molecule has 5 aromatic carbocycles. The van der Waals surface area contributed by atoms with E-state index in [1.54, 1.807) is 0 Å². The molecule has 0 spiro atoms. The van der Waals surface area contributed by atoms with Crippen LogP contribution in [-0.4, -0.2) is 0 Å². The molecule has 1 aromatic heterocycles. The number of fused-ring (bicyclic) bond motifs is 7. The maximum atomic E-state index is 6.05. The van der Waals surface area contributed by atoms with Gasteiger partial charge in [0.2, 0.25) is 0 Å². The Morgan fingerprint density at radius 3 is 2.17 bits per heavy atom. The van der Waals surface area contributed by atoms with Crippen LogP contribution in [0.25, 0.3) is 43.5 Å². The minimum Gasteiger partial charge on any atom is -0.456 e. The molecule has 0 radical (unpaired) electrons. The lowest BCUT2D eigenvalue weighted by Crippen LogP contribution is -1.81. The van der Waals surface area contributed by atoms with E-state index in [-0.39, 0.29) is 0 Å². The highest BCUT2D eigenvalue weighted by Crippen LogP contribution is 2.37. The smallest absolute Gasteiger partial charge is 0.136 e. The van der Waals surface area contributed by atoms with E-state index in [2.05, 4.69) is 66.4 Å². The standard InChI is InChI=1S/C28H16O/c1-2-6-19(7-3-1)10-11-20-12-14-22-21(18-20)13-15-24-23(22)16-17-27-28(24)25-8-4-5-9-26(25)29-27/h1-9,12-18H. The van der Waals surface area contributed by atoms with E-state index in [0.29, 0.717) is 0 Å². The van der Waals surface area contributed by atoms with Crippen molar-refractivity contribution in [1.82, 2.24) is 0 Å². The molecule has 0 saturated heterocycles. The fraction of sp³-hybridized carbons (Fsp3) is 0. The zero-order valence-electron chi connectivity index (χ0n) is 15.6. The van der Waals surface area contributed by atoms with Crippen LogP contribution in [0, 0.1) is 11.8 Å². The van der Waals surface area contributed by atoms with Crippen LogP contribution in [0.5, 0.6) is 0 Å². The average molecular weight is 368 g/mol. The van der Waals surface area contributed by atoms with Crippen LogP contribution in [0.15, 0.2) is 101 Å². The Morgan fingerprint density at radius 2 is 1.24 bits per heavy atom. The number of para-hydroxylation sites is 1. The van der Waals surface area contributed by atoms with Gasteiger partial charge in [-0.1, -0.05) is 72.5 Å². The van der Waals surface area contributed by atoms with Gasteiger partial charge in [-0.3, -0.25) is 0 Å². The first-order valence-corrected chi connectivity index (χ1v) is 9.71. The number of hydrogen-bond donors (Lipinski definition) is 0. The predicted molar refractivity (Wildman–Crippen MR) is 121 cm³/mol. The highest BCUT2D eigenvalue weighted by molar-refractivity contribution is 6.23. The molecule has 0 amide bonds. The van der Waals surface area contributed by atoms with Gasteiger partial charge >= 0.3 is 0 Å². The molecule has 0 aliphatic rings. The molecule has 0 atom stereocenters. The van der Waals surface area contributed by atoms with Gasteiger partial charge < -0.3 is 4.42 Å². The quantitative estimate of drug-likeness (QED) is 0.203. The van der Waals surface area contributed by atoms with E-state index in [1.807, 2.05) is 42.5 Å². The van der Waals surface area contributed by atoms with Gasteiger partial charge in [0.15, 0.2) is 0 Å². The molecule has 0 bridgehead atoms. The zero-order chi connectivity index (χ0) is 19.2. The molecule has 0 aliphatic carbocycles. The van der Waals surface area contributed by atoms with Gasteiger partial charge in [0.05, 0.1) is 0 Å². The van der Waals surface area contributed by atoms with Crippen molar-refractivity contribution in [3.05, 3.63) is 108 Å². The van der Waals surface area contributed by atoms with Gasteiger partial charge in [0, 0.05) is 21.9 Å². The van der Waals surface area contributed by atoms with Crippen LogP contribution in [0.1, 0.15) is 11.1 Å². The van der Waals surface area contributed by atoms with E-state index in [9.17, 15) is 0 Å². The average Bonchev–Trinajstić information content (AvgIpc) is 3.17. The van der Waals surface area contributed by atoms with Gasteiger partial charge in [0.1, 0.15) is 11.2 Å². The molecule has 0 fully saturated rings. The molecule has 1 heterocycles. The molecule has 6 rings (SSSR count). The maximum absolute atomic E-state index is 6.05.